The van der Waals surface area contributed by atoms with Crippen molar-refractivity contribution in [1.29, 1.82) is 0 Å². The van der Waals surface area contributed by atoms with E-state index in [1.807, 2.05) is 0 Å². The van der Waals surface area contributed by atoms with Crippen molar-refractivity contribution in [2.24, 2.45) is 5.73 Å². The monoisotopic (exact) mass is 301 g/mol. The largest absolute Gasteiger partial charge is 0.394 e. The van der Waals surface area contributed by atoms with Crippen molar-refractivity contribution < 1.29 is 35.1 Å². The van der Waals surface area contributed by atoms with E-state index in [-0.39, 0.29) is 0 Å². The second-order valence-corrected chi connectivity index (χ2v) is 3.95. The minimum Gasteiger partial charge on any atom is -0.394 e. The Labute approximate surface area is 115 Å². The van der Waals surface area contributed by atoms with Crippen molar-refractivity contribution >= 4 is 23.2 Å². The fourth-order valence-corrected chi connectivity index (χ4v) is 0.886. The van der Waals surface area contributed by atoms with Gasteiger partial charge in [0, 0.05) is 19.3 Å². The average molecular weight is 302 g/mol. The highest BCUT2D eigenvalue weighted by Crippen LogP contribution is 2.06. The maximum atomic E-state index is 10.9. The molecule has 0 fully saturated rings. The van der Waals surface area contributed by atoms with E-state index in [0.717, 1.165) is 6.92 Å². The Balaban J connectivity index is 0. The van der Waals surface area contributed by atoms with Crippen LogP contribution in [0.3, 0.4) is 0 Å². The number of hydrogen-bond donors (Lipinski definition) is 6. The third-order valence-electron chi connectivity index (χ3n) is 1.98. The Hall–Kier alpha value is -0.610. The van der Waals surface area contributed by atoms with E-state index in [0.29, 0.717) is 12.4 Å². The van der Waals surface area contributed by atoms with Gasteiger partial charge in [-0.05, 0) is 0 Å². The molecular formula is C10H20ClNO7. The zero-order chi connectivity index (χ0) is 15.6. The number of carbonyl (C=O) groups is 2. The van der Waals surface area contributed by atoms with Crippen LogP contribution < -0.4 is 5.73 Å². The summed E-state index contributed by atoms with van der Waals surface area (Å²) in [6.07, 6.45) is -7.75. The number of nitrogens with two attached hydrogens (primary N) is 1. The first kappa shape index (κ1) is 20.7. The van der Waals surface area contributed by atoms with Gasteiger partial charge in [-0.15, -0.1) is 11.6 Å². The van der Waals surface area contributed by atoms with Gasteiger partial charge >= 0.3 is 0 Å². The lowest BCUT2D eigenvalue weighted by Gasteiger charge is -2.24. The number of halogens is 1. The molecule has 4 atom stereocenters. The molecule has 0 aromatic carbocycles. The van der Waals surface area contributed by atoms with Crippen molar-refractivity contribution in [3.05, 3.63) is 0 Å². The molecule has 0 aromatic heterocycles. The van der Waals surface area contributed by atoms with E-state index < -0.39 is 42.6 Å². The molecule has 0 spiro atoms. The molecule has 0 radical (unpaired) electrons. The molecule has 0 aromatic rings. The van der Waals surface area contributed by atoms with Crippen molar-refractivity contribution in [3.63, 3.8) is 0 Å². The van der Waals surface area contributed by atoms with Gasteiger partial charge < -0.3 is 31.3 Å². The molecule has 0 saturated carbocycles. The SMILES string of the molecule is CC(=O)C(=O)C(O)C(O)C(O)C(O)CO.NCCCl. The molecule has 4 unspecified atom stereocenters. The lowest BCUT2D eigenvalue weighted by molar-refractivity contribution is -0.153. The second-order valence-electron chi connectivity index (χ2n) is 3.57. The molecule has 0 aliphatic heterocycles. The number of alkyl halides is 1. The van der Waals surface area contributed by atoms with Gasteiger partial charge in [-0.2, -0.15) is 0 Å². The summed E-state index contributed by atoms with van der Waals surface area (Å²) in [5.74, 6) is -1.68. The van der Waals surface area contributed by atoms with Gasteiger partial charge in [0.1, 0.15) is 24.4 Å². The molecule has 0 heterocycles. The van der Waals surface area contributed by atoms with E-state index >= 15 is 0 Å². The van der Waals surface area contributed by atoms with Gasteiger partial charge in [0.2, 0.25) is 5.78 Å². The molecule has 114 valence electrons. The van der Waals surface area contributed by atoms with Gasteiger partial charge in [0.05, 0.1) is 6.61 Å². The van der Waals surface area contributed by atoms with Crippen LogP contribution in [0.25, 0.3) is 0 Å². The van der Waals surface area contributed by atoms with E-state index in [1.165, 1.54) is 0 Å². The fraction of sp³-hybridized carbons (Fsp3) is 0.800. The van der Waals surface area contributed by atoms with E-state index in [2.05, 4.69) is 0 Å². The van der Waals surface area contributed by atoms with Crippen LogP contribution in [0.5, 0.6) is 0 Å². The van der Waals surface area contributed by atoms with Gasteiger partial charge in [0.15, 0.2) is 5.78 Å². The molecule has 9 heteroatoms. The number of Topliss-reactive ketones (excluding diaryl/α,β-unsaturated/α-hetero) is 2. The normalized spacial score (nSPS) is 16.6. The van der Waals surface area contributed by atoms with E-state index in [9.17, 15) is 9.59 Å². The molecule has 19 heavy (non-hydrogen) atoms. The minimum atomic E-state index is -2.11. The van der Waals surface area contributed by atoms with Crippen LogP contribution in [0.2, 0.25) is 0 Å². The van der Waals surface area contributed by atoms with Crippen LogP contribution in [0.15, 0.2) is 0 Å². The van der Waals surface area contributed by atoms with Crippen molar-refractivity contribution in [1.82, 2.24) is 0 Å². The standard InChI is InChI=1S/C8H14O7.C2H6ClN/c1-3(10)5(12)7(14)8(15)6(13)4(11)2-9;3-1-2-4/h4,6-9,11,13-15H,2H2,1H3;1-2,4H2. The van der Waals surface area contributed by atoms with Crippen molar-refractivity contribution in [2.75, 3.05) is 19.0 Å². The Morgan fingerprint density at radius 2 is 1.58 bits per heavy atom. The van der Waals surface area contributed by atoms with Gasteiger partial charge in [0.25, 0.3) is 0 Å². The summed E-state index contributed by atoms with van der Waals surface area (Å²) in [7, 11) is 0. The Morgan fingerprint density at radius 1 is 1.16 bits per heavy atom. The summed E-state index contributed by atoms with van der Waals surface area (Å²) >= 11 is 5.06. The van der Waals surface area contributed by atoms with Crippen molar-refractivity contribution in [3.8, 4) is 0 Å². The number of hydrogen-bond acceptors (Lipinski definition) is 8. The van der Waals surface area contributed by atoms with Gasteiger partial charge in [-0.1, -0.05) is 0 Å². The summed E-state index contributed by atoms with van der Waals surface area (Å²) in [6, 6.07) is 0. The Bertz CT molecular complexity index is 275. The quantitative estimate of drug-likeness (QED) is 0.211. The topological polar surface area (TPSA) is 161 Å². The first-order valence-electron chi connectivity index (χ1n) is 5.38. The predicted molar refractivity (Wildman–Crippen MR) is 66.6 cm³/mol. The average Bonchev–Trinajstić information content (AvgIpc) is 2.42. The summed E-state index contributed by atoms with van der Waals surface area (Å²) in [5, 5.41) is 44.7. The third-order valence-corrected chi connectivity index (χ3v) is 2.20. The summed E-state index contributed by atoms with van der Waals surface area (Å²) in [4.78, 5) is 21.4. The highest BCUT2D eigenvalue weighted by atomic mass is 35.5. The smallest absolute Gasteiger partial charge is 0.229 e. The Kier molecular flexibility index (Phi) is 12.2. The second kappa shape index (κ2) is 11.2. The van der Waals surface area contributed by atoms with Gasteiger partial charge in [-0.3, -0.25) is 9.59 Å². The first-order chi connectivity index (χ1) is 8.74. The number of aliphatic hydroxyl groups is 5. The van der Waals surface area contributed by atoms with Crippen LogP contribution in [0.1, 0.15) is 6.92 Å². The molecule has 0 aliphatic carbocycles. The minimum absolute atomic E-state index is 0.569. The lowest BCUT2D eigenvalue weighted by atomic mass is 9.99. The zero-order valence-electron chi connectivity index (χ0n) is 10.4. The summed E-state index contributed by atoms with van der Waals surface area (Å²) < 4.78 is 0. The van der Waals surface area contributed by atoms with Crippen LogP contribution in [-0.4, -0.2) is 80.5 Å². The number of aliphatic hydroxyl groups excluding tert-OH is 5. The van der Waals surface area contributed by atoms with Gasteiger partial charge in [-0.25, -0.2) is 0 Å². The summed E-state index contributed by atoms with van der Waals surface area (Å²) in [5.41, 5.74) is 4.90. The number of ketones is 2. The molecule has 7 N–H and O–H groups in total. The number of carbonyl (C=O) groups excluding carboxylic acids is 2. The highest BCUT2D eigenvalue weighted by Gasteiger charge is 2.35. The molecule has 0 bridgehead atoms. The molecule has 0 saturated heterocycles. The van der Waals surface area contributed by atoms with Crippen LogP contribution in [0, 0.1) is 0 Å². The maximum absolute atomic E-state index is 10.9. The fourth-order valence-electron chi connectivity index (χ4n) is 0.886. The van der Waals surface area contributed by atoms with Crippen molar-refractivity contribution in [2.45, 2.75) is 31.3 Å². The van der Waals surface area contributed by atoms with Crippen LogP contribution in [0.4, 0.5) is 0 Å². The van der Waals surface area contributed by atoms with Crippen LogP contribution >= 0.6 is 11.6 Å². The van der Waals surface area contributed by atoms with E-state index in [4.69, 9.17) is 42.9 Å². The Morgan fingerprint density at radius 3 is 1.84 bits per heavy atom. The molecule has 0 aliphatic rings. The first-order valence-corrected chi connectivity index (χ1v) is 5.91. The molecule has 0 rings (SSSR count). The lowest BCUT2D eigenvalue weighted by Crippen LogP contribution is -2.49. The number of rotatable bonds is 7. The van der Waals surface area contributed by atoms with E-state index in [1.54, 1.807) is 0 Å². The maximum Gasteiger partial charge on any atom is 0.229 e. The molecule has 8 nitrogen and oxygen atoms in total. The molecule has 0 amide bonds. The zero-order valence-corrected chi connectivity index (χ0v) is 11.2. The third kappa shape index (κ3) is 8.22. The van der Waals surface area contributed by atoms with Crippen LogP contribution in [-0.2, 0) is 9.59 Å². The summed E-state index contributed by atoms with van der Waals surface area (Å²) in [6.45, 7) is 0.633. The molecular weight excluding hydrogens is 282 g/mol. The predicted octanol–water partition coefficient (Wildman–Crippen LogP) is -3.24. The highest BCUT2D eigenvalue weighted by molar-refractivity contribution is 6.38.